The van der Waals surface area contributed by atoms with Crippen LogP contribution in [0.1, 0.15) is 23.8 Å². The lowest BCUT2D eigenvalue weighted by molar-refractivity contribution is 0.309. The van der Waals surface area contributed by atoms with Crippen LogP contribution in [-0.4, -0.2) is 33.1 Å². The third-order valence-corrected chi connectivity index (χ3v) is 4.53. The first-order valence-corrected chi connectivity index (χ1v) is 8.36. The van der Waals surface area contributed by atoms with E-state index in [4.69, 9.17) is 16.1 Å². The highest BCUT2D eigenvalue weighted by Gasteiger charge is 2.28. The van der Waals surface area contributed by atoms with Crippen LogP contribution in [0.15, 0.2) is 53.3 Å². The molecule has 0 unspecified atom stereocenters. The summed E-state index contributed by atoms with van der Waals surface area (Å²) in [6.45, 7) is 2.83. The summed E-state index contributed by atoms with van der Waals surface area (Å²) in [4.78, 5) is 11.0. The van der Waals surface area contributed by atoms with E-state index in [9.17, 15) is 0 Å². The maximum absolute atomic E-state index is 6.06. The number of hydrogen-bond acceptors (Lipinski definition) is 5. The Morgan fingerprint density at radius 2 is 2.08 bits per heavy atom. The zero-order valence-electron chi connectivity index (χ0n) is 13.1. The number of rotatable bonds is 4. The Labute approximate surface area is 145 Å². The molecular weight excluding hydrogens is 324 g/mol. The van der Waals surface area contributed by atoms with Crippen molar-refractivity contribution in [3.05, 3.63) is 65.3 Å². The number of benzene rings is 1. The Kier molecular flexibility index (Phi) is 4.28. The first kappa shape index (κ1) is 15.3. The highest BCUT2D eigenvalue weighted by atomic mass is 35.5. The molecule has 6 heteroatoms. The van der Waals surface area contributed by atoms with E-state index in [2.05, 4.69) is 26.1 Å². The summed E-state index contributed by atoms with van der Waals surface area (Å²) in [5.74, 6) is 1.63. The average Bonchev–Trinajstić information content (AvgIpc) is 3.25. The molecule has 2 aromatic heterocycles. The standard InChI is InChI=1S/C18H17ClN4O/c19-16-3-1-2-13(10-16)11-23-9-6-15(12-23)18-21-17(22-24-18)14-4-7-20-8-5-14/h1-5,7-8,10,15H,6,9,11-12H2/t15-/m0/s1. The van der Waals surface area contributed by atoms with E-state index < -0.39 is 0 Å². The zero-order chi connectivity index (χ0) is 16.4. The molecule has 5 nitrogen and oxygen atoms in total. The Hall–Kier alpha value is -2.24. The SMILES string of the molecule is Clc1cccc(CN2CC[C@H](c3nc(-c4ccncc4)no3)C2)c1. The minimum Gasteiger partial charge on any atom is -0.339 e. The van der Waals surface area contributed by atoms with Gasteiger partial charge in [0.15, 0.2) is 0 Å². The normalized spacial score (nSPS) is 18.1. The molecule has 1 atom stereocenters. The highest BCUT2D eigenvalue weighted by molar-refractivity contribution is 6.30. The van der Waals surface area contributed by atoms with E-state index in [1.807, 2.05) is 30.3 Å². The lowest BCUT2D eigenvalue weighted by Crippen LogP contribution is -2.19. The molecule has 0 aliphatic carbocycles. The van der Waals surface area contributed by atoms with Crippen LogP contribution in [0.3, 0.4) is 0 Å². The molecule has 0 saturated carbocycles. The zero-order valence-corrected chi connectivity index (χ0v) is 13.9. The van der Waals surface area contributed by atoms with Gasteiger partial charge in [-0.15, -0.1) is 0 Å². The predicted octanol–water partition coefficient (Wildman–Crippen LogP) is 3.77. The Morgan fingerprint density at radius 3 is 2.92 bits per heavy atom. The molecule has 3 aromatic rings. The predicted molar refractivity (Wildman–Crippen MR) is 91.6 cm³/mol. The third kappa shape index (κ3) is 3.32. The molecular formula is C18H17ClN4O. The fourth-order valence-electron chi connectivity index (χ4n) is 3.09. The van der Waals surface area contributed by atoms with Crippen LogP contribution < -0.4 is 0 Å². The van der Waals surface area contributed by atoms with Crippen molar-refractivity contribution in [1.29, 1.82) is 0 Å². The second-order valence-corrected chi connectivity index (χ2v) is 6.48. The van der Waals surface area contributed by atoms with Crippen molar-refractivity contribution in [2.24, 2.45) is 0 Å². The summed E-state index contributed by atoms with van der Waals surface area (Å²) < 4.78 is 5.49. The van der Waals surface area contributed by atoms with E-state index in [0.717, 1.165) is 42.5 Å². The van der Waals surface area contributed by atoms with Crippen molar-refractivity contribution in [1.82, 2.24) is 20.0 Å². The fraction of sp³-hybridized carbons (Fsp3) is 0.278. The van der Waals surface area contributed by atoms with Gasteiger partial charge in [-0.25, -0.2) is 0 Å². The van der Waals surface area contributed by atoms with Crippen LogP contribution in [0.2, 0.25) is 5.02 Å². The number of nitrogens with zero attached hydrogens (tertiary/aromatic N) is 4. The van der Waals surface area contributed by atoms with Gasteiger partial charge in [0, 0.05) is 36.1 Å². The number of likely N-dealkylation sites (tertiary alicyclic amines) is 1. The Bertz CT molecular complexity index is 821. The van der Waals surface area contributed by atoms with Gasteiger partial charge >= 0.3 is 0 Å². The molecule has 0 N–H and O–H groups in total. The minimum atomic E-state index is 0.285. The van der Waals surface area contributed by atoms with Crippen LogP contribution >= 0.6 is 11.6 Å². The van der Waals surface area contributed by atoms with Gasteiger partial charge < -0.3 is 4.52 Å². The van der Waals surface area contributed by atoms with E-state index in [0.29, 0.717) is 5.82 Å². The Morgan fingerprint density at radius 1 is 1.21 bits per heavy atom. The number of halogens is 1. The summed E-state index contributed by atoms with van der Waals surface area (Å²) in [6, 6.07) is 11.8. The summed E-state index contributed by atoms with van der Waals surface area (Å²) in [5.41, 5.74) is 2.15. The van der Waals surface area contributed by atoms with Gasteiger partial charge in [-0.2, -0.15) is 4.98 Å². The molecule has 1 aliphatic rings. The lowest BCUT2D eigenvalue weighted by atomic mass is 10.1. The van der Waals surface area contributed by atoms with Crippen molar-refractivity contribution in [3.8, 4) is 11.4 Å². The molecule has 1 aromatic carbocycles. The number of aromatic nitrogens is 3. The Balaban J connectivity index is 1.43. The van der Waals surface area contributed by atoms with E-state index in [1.54, 1.807) is 12.4 Å². The van der Waals surface area contributed by atoms with Crippen molar-refractivity contribution >= 4 is 11.6 Å². The van der Waals surface area contributed by atoms with Gasteiger partial charge in [0.25, 0.3) is 0 Å². The molecule has 1 aliphatic heterocycles. The number of hydrogen-bond donors (Lipinski definition) is 0. The third-order valence-electron chi connectivity index (χ3n) is 4.30. The molecule has 0 bridgehead atoms. The first-order valence-electron chi connectivity index (χ1n) is 7.99. The van der Waals surface area contributed by atoms with Crippen LogP contribution in [0.5, 0.6) is 0 Å². The van der Waals surface area contributed by atoms with Gasteiger partial charge in [-0.05, 0) is 42.8 Å². The quantitative estimate of drug-likeness (QED) is 0.723. The fourth-order valence-corrected chi connectivity index (χ4v) is 3.30. The van der Waals surface area contributed by atoms with Gasteiger partial charge in [-0.3, -0.25) is 9.88 Å². The molecule has 3 heterocycles. The maximum atomic E-state index is 6.06. The van der Waals surface area contributed by atoms with Gasteiger partial charge in [0.2, 0.25) is 11.7 Å². The van der Waals surface area contributed by atoms with E-state index in [-0.39, 0.29) is 5.92 Å². The van der Waals surface area contributed by atoms with Crippen molar-refractivity contribution in [2.75, 3.05) is 13.1 Å². The summed E-state index contributed by atoms with van der Waals surface area (Å²) in [7, 11) is 0. The highest BCUT2D eigenvalue weighted by Crippen LogP contribution is 2.28. The lowest BCUT2D eigenvalue weighted by Gasteiger charge is -2.15. The molecule has 0 amide bonds. The number of pyridine rings is 1. The van der Waals surface area contributed by atoms with Crippen molar-refractivity contribution in [2.45, 2.75) is 18.9 Å². The van der Waals surface area contributed by atoms with Gasteiger partial charge in [-0.1, -0.05) is 28.9 Å². The molecule has 1 fully saturated rings. The molecule has 122 valence electrons. The van der Waals surface area contributed by atoms with Gasteiger partial charge in [0.1, 0.15) is 0 Å². The van der Waals surface area contributed by atoms with E-state index >= 15 is 0 Å². The van der Waals surface area contributed by atoms with Gasteiger partial charge in [0.05, 0.1) is 5.92 Å². The van der Waals surface area contributed by atoms with Crippen LogP contribution in [0, 0.1) is 0 Å². The monoisotopic (exact) mass is 340 g/mol. The second-order valence-electron chi connectivity index (χ2n) is 6.04. The van der Waals surface area contributed by atoms with Crippen molar-refractivity contribution < 1.29 is 4.52 Å². The maximum Gasteiger partial charge on any atom is 0.231 e. The van der Waals surface area contributed by atoms with Crippen molar-refractivity contribution in [3.63, 3.8) is 0 Å². The summed E-state index contributed by atoms with van der Waals surface area (Å²) >= 11 is 6.06. The average molecular weight is 341 g/mol. The van der Waals surface area contributed by atoms with Crippen LogP contribution in [0.4, 0.5) is 0 Å². The molecule has 1 saturated heterocycles. The van der Waals surface area contributed by atoms with Crippen LogP contribution in [0.25, 0.3) is 11.4 Å². The summed E-state index contributed by atoms with van der Waals surface area (Å²) in [6.07, 6.45) is 4.49. The van der Waals surface area contributed by atoms with Crippen LogP contribution in [-0.2, 0) is 6.54 Å². The van der Waals surface area contributed by atoms with E-state index in [1.165, 1.54) is 5.56 Å². The molecule has 0 radical (unpaired) electrons. The molecule has 4 rings (SSSR count). The topological polar surface area (TPSA) is 55.1 Å². The smallest absolute Gasteiger partial charge is 0.231 e. The summed E-state index contributed by atoms with van der Waals surface area (Å²) in [5, 5.41) is 4.88. The second kappa shape index (κ2) is 6.71. The molecule has 0 spiro atoms. The first-order chi connectivity index (χ1) is 11.8. The molecule has 24 heavy (non-hydrogen) atoms. The largest absolute Gasteiger partial charge is 0.339 e. The minimum absolute atomic E-state index is 0.285.